The molecule has 1 aliphatic heterocycles. The Labute approximate surface area is 105 Å². The number of halogens is 1. The molecule has 0 N–H and O–H groups in total. The number of carbonyl (C=O) groups is 1. The third-order valence-electron chi connectivity index (χ3n) is 3.03. The second-order valence-electron chi connectivity index (χ2n) is 4.41. The minimum atomic E-state index is -0.753. The lowest BCUT2D eigenvalue weighted by molar-refractivity contribution is 0.0701. The van der Waals surface area contributed by atoms with Crippen LogP contribution in [0.5, 0.6) is 5.75 Å². The highest BCUT2D eigenvalue weighted by Crippen LogP contribution is 2.38. The summed E-state index contributed by atoms with van der Waals surface area (Å²) in [5.74, 6) is -0.769. The smallest absolute Gasteiger partial charge is 0.258 e. The normalized spacial score (nSPS) is 17.9. The van der Waals surface area contributed by atoms with Gasteiger partial charge in [-0.15, -0.1) is 0 Å². The van der Waals surface area contributed by atoms with E-state index in [9.17, 15) is 14.4 Å². The average molecular weight is 248 g/mol. The predicted octanol–water partition coefficient (Wildman–Crippen LogP) is 2.26. The second kappa shape index (κ2) is 4.30. The number of nitriles is 1. The molecule has 0 saturated carbocycles. The number of ether oxygens (including phenoxy) is 1. The Bertz CT molecular complexity index is 549. The van der Waals surface area contributed by atoms with E-state index < -0.39 is 17.8 Å². The topological polar surface area (TPSA) is 53.3 Å². The van der Waals surface area contributed by atoms with E-state index >= 15 is 0 Å². The van der Waals surface area contributed by atoms with E-state index in [1.165, 1.54) is 12.0 Å². The highest BCUT2D eigenvalue weighted by Gasteiger charge is 2.40. The number of fused-ring (bicyclic) bond motifs is 1. The number of benzene rings is 1. The van der Waals surface area contributed by atoms with E-state index in [0.717, 1.165) is 6.07 Å². The first-order valence-corrected chi connectivity index (χ1v) is 5.61. The molecule has 0 aromatic heterocycles. The molecule has 94 valence electrons. The monoisotopic (exact) mass is 248 g/mol. The van der Waals surface area contributed by atoms with Crippen LogP contribution in [-0.4, -0.2) is 24.0 Å². The number of nitrogens with zero attached hydrogens (tertiary/aromatic N) is 2. The molecule has 0 saturated heterocycles. The van der Waals surface area contributed by atoms with Gasteiger partial charge >= 0.3 is 0 Å². The van der Waals surface area contributed by atoms with E-state index in [1.54, 1.807) is 19.9 Å². The zero-order valence-electron chi connectivity index (χ0n) is 10.4. The molecule has 18 heavy (non-hydrogen) atoms. The fourth-order valence-corrected chi connectivity index (χ4v) is 2.22. The Balaban J connectivity index is 2.64. The van der Waals surface area contributed by atoms with E-state index in [1.807, 2.05) is 6.07 Å². The number of hydrogen-bond donors (Lipinski definition) is 0. The fourth-order valence-electron chi connectivity index (χ4n) is 2.22. The lowest BCUT2D eigenvalue weighted by Gasteiger charge is -2.24. The van der Waals surface area contributed by atoms with Crippen molar-refractivity contribution in [2.75, 3.05) is 7.11 Å². The molecule has 1 aromatic carbocycles. The van der Waals surface area contributed by atoms with Gasteiger partial charge in [0.1, 0.15) is 17.6 Å². The van der Waals surface area contributed by atoms with Crippen LogP contribution in [0.15, 0.2) is 12.1 Å². The maximum atomic E-state index is 13.9. The van der Waals surface area contributed by atoms with Gasteiger partial charge in [-0.05, 0) is 19.9 Å². The number of amides is 1. The van der Waals surface area contributed by atoms with Gasteiger partial charge in [0.25, 0.3) is 5.91 Å². The van der Waals surface area contributed by atoms with Gasteiger partial charge in [-0.25, -0.2) is 4.39 Å². The minimum absolute atomic E-state index is 0.0175. The maximum absolute atomic E-state index is 13.9. The lowest BCUT2D eigenvalue weighted by Crippen LogP contribution is -2.34. The molecule has 1 atom stereocenters. The zero-order chi connectivity index (χ0) is 13.4. The summed E-state index contributed by atoms with van der Waals surface area (Å²) in [6.07, 6.45) is 0. The summed E-state index contributed by atoms with van der Waals surface area (Å²) in [4.78, 5) is 13.5. The first-order chi connectivity index (χ1) is 8.51. The minimum Gasteiger partial charge on any atom is -0.497 e. The van der Waals surface area contributed by atoms with Crippen molar-refractivity contribution in [1.29, 1.82) is 5.26 Å². The molecular formula is C13H13FN2O2. The summed E-state index contributed by atoms with van der Waals surface area (Å²) in [7, 11) is 1.42. The van der Waals surface area contributed by atoms with Crippen molar-refractivity contribution in [2.24, 2.45) is 0 Å². The Morgan fingerprint density at radius 1 is 1.50 bits per heavy atom. The highest BCUT2D eigenvalue weighted by atomic mass is 19.1. The van der Waals surface area contributed by atoms with Crippen LogP contribution >= 0.6 is 0 Å². The van der Waals surface area contributed by atoms with Crippen LogP contribution in [0.1, 0.15) is 35.8 Å². The van der Waals surface area contributed by atoms with Crippen LogP contribution in [0.3, 0.4) is 0 Å². The molecule has 1 amide bonds. The molecule has 2 rings (SSSR count). The lowest BCUT2D eigenvalue weighted by atomic mass is 10.0. The van der Waals surface area contributed by atoms with Crippen LogP contribution in [0, 0.1) is 17.1 Å². The highest BCUT2D eigenvalue weighted by molar-refractivity contribution is 6.00. The molecule has 0 aliphatic carbocycles. The van der Waals surface area contributed by atoms with E-state index in [-0.39, 0.29) is 11.6 Å². The Kier molecular flexibility index (Phi) is 2.95. The van der Waals surface area contributed by atoms with Gasteiger partial charge in [0.15, 0.2) is 0 Å². The summed E-state index contributed by atoms with van der Waals surface area (Å²) >= 11 is 0. The SMILES string of the molecule is COc1cc(F)c2c(c1)C(C#N)N(C(C)C)C2=O. The third-order valence-corrected chi connectivity index (χ3v) is 3.03. The molecule has 0 bridgehead atoms. The summed E-state index contributed by atoms with van der Waals surface area (Å²) in [5, 5.41) is 9.20. The van der Waals surface area contributed by atoms with Crippen molar-refractivity contribution >= 4 is 5.91 Å². The number of methoxy groups -OCH3 is 1. The third kappa shape index (κ3) is 1.61. The standard InChI is InChI=1S/C13H13FN2O2/c1-7(2)16-11(6-15)9-4-8(18-3)5-10(14)12(9)13(16)17/h4-5,7,11H,1-3H3. The molecule has 1 unspecified atom stereocenters. The summed E-state index contributed by atoms with van der Waals surface area (Å²) in [5.41, 5.74) is 0.365. The average Bonchev–Trinajstić information content (AvgIpc) is 2.61. The van der Waals surface area contributed by atoms with Crippen molar-refractivity contribution in [3.8, 4) is 11.8 Å². The van der Waals surface area contributed by atoms with Crippen LogP contribution in [0.2, 0.25) is 0 Å². The molecular weight excluding hydrogens is 235 g/mol. The first kappa shape index (κ1) is 12.4. The molecule has 1 aromatic rings. The molecule has 0 fully saturated rings. The van der Waals surface area contributed by atoms with Gasteiger partial charge in [-0.2, -0.15) is 5.26 Å². The van der Waals surface area contributed by atoms with E-state index in [4.69, 9.17) is 4.74 Å². The first-order valence-electron chi connectivity index (χ1n) is 5.61. The molecule has 4 nitrogen and oxygen atoms in total. The number of carbonyl (C=O) groups excluding carboxylic acids is 1. The molecule has 0 spiro atoms. The summed E-state index contributed by atoms with van der Waals surface area (Å²) in [6, 6.07) is 3.83. The van der Waals surface area contributed by atoms with E-state index in [2.05, 4.69) is 0 Å². The molecule has 5 heteroatoms. The van der Waals surface area contributed by atoms with Gasteiger partial charge in [0.2, 0.25) is 0 Å². The Morgan fingerprint density at radius 3 is 2.67 bits per heavy atom. The number of rotatable bonds is 2. The Morgan fingerprint density at radius 2 is 2.17 bits per heavy atom. The largest absolute Gasteiger partial charge is 0.497 e. The quantitative estimate of drug-likeness (QED) is 0.806. The van der Waals surface area contributed by atoms with Crippen molar-refractivity contribution in [1.82, 2.24) is 4.90 Å². The van der Waals surface area contributed by atoms with Gasteiger partial charge in [0.05, 0.1) is 18.7 Å². The zero-order valence-corrected chi connectivity index (χ0v) is 10.4. The van der Waals surface area contributed by atoms with Gasteiger partial charge in [0, 0.05) is 17.7 Å². The molecule has 1 aliphatic rings. The van der Waals surface area contributed by atoms with E-state index in [0.29, 0.717) is 11.3 Å². The summed E-state index contributed by atoms with van der Waals surface area (Å²) < 4.78 is 18.9. The Hall–Kier alpha value is -2.09. The maximum Gasteiger partial charge on any atom is 0.258 e. The summed E-state index contributed by atoms with van der Waals surface area (Å²) in [6.45, 7) is 3.59. The fraction of sp³-hybridized carbons (Fsp3) is 0.385. The number of hydrogen-bond acceptors (Lipinski definition) is 3. The van der Waals surface area contributed by atoms with Crippen LogP contribution in [0.25, 0.3) is 0 Å². The molecule has 1 heterocycles. The van der Waals surface area contributed by atoms with Crippen molar-refractivity contribution in [2.45, 2.75) is 25.9 Å². The predicted molar refractivity (Wildman–Crippen MR) is 62.6 cm³/mol. The van der Waals surface area contributed by atoms with Gasteiger partial charge in [-0.1, -0.05) is 0 Å². The second-order valence-corrected chi connectivity index (χ2v) is 4.41. The van der Waals surface area contributed by atoms with Crippen LogP contribution in [0.4, 0.5) is 4.39 Å². The van der Waals surface area contributed by atoms with Crippen LogP contribution in [-0.2, 0) is 0 Å². The van der Waals surface area contributed by atoms with Crippen LogP contribution < -0.4 is 4.74 Å². The molecule has 0 radical (unpaired) electrons. The van der Waals surface area contributed by atoms with Gasteiger partial charge in [-0.3, -0.25) is 4.79 Å². The van der Waals surface area contributed by atoms with Crippen molar-refractivity contribution in [3.63, 3.8) is 0 Å². The van der Waals surface area contributed by atoms with Gasteiger partial charge < -0.3 is 9.64 Å². The van der Waals surface area contributed by atoms with Crippen molar-refractivity contribution < 1.29 is 13.9 Å². The van der Waals surface area contributed by atoms with Crippen molar-refractivity contribution in [3.05, 3.63) is 29.1 Å².